The maximum Gasteiger partial charge on any atom is 0.254 e. The molecule has 1 heterocycles. The van der Waals surface area contributed by atoms with Crippen LogP contribution in [0.2, 0.25) is 0 Å². The summed E-state index contributed by atoms with van der Waals surface area (Å²) < 4.78 is 6.02. The van der Waals surface area contributed by atoms with E-state index in [-0.39, 0.29) is 18.3 Å². The lowest BCUT2D eigenvalue weighted by Gasteiger charge is -2.25. The SMILES string of the molecule is CNCC1CCCN1C(=O)c1cccc(OC2CCCC2)c1.Cl. The van der Waals surface area contributed by atoms with Crippen molar-refractivity contribution in [3.8, 4) is 5.75 Å². The molecule has 1 aliphatic carbocycles. The van der Waals surface area contributed by atoms with E-state index >= 15 is 0 Å². The van der Waals surface area contributed by atoms with Gasteiger partial charge in [-0.2, -0.15) is 0 Å². The molecule has 23 heavy (non-hydrogen) atoms. The standard InChI is InChI=1S/C18H26N2O2.ClH/c1-19-13-15-7-5-11-20(15)18(21)14-6-4-10-17(12-14)22-16-8-2-3-9-16;/h4,6,10,12,15-16,19H,2-3,5,7-9,11,13H2,1H3;1H. The van der Waals surface area contributed by atoms with E-state index in [1.165, 1.54) is 12.8 Å². The van der Waals surface area contributed by atoms with Gasteiger partial charge in [-0.1, -0.05) is 6.07 Å². The van der Waals surface area contributed by atoms with Crippen molar-refractivity contribution < 1.29 is 9.53 Å². The van der Waals surface area contributed by atoms with Gasteiger partial charge in [-0.15, -0.1) is 12.4 Å². The van der Waals surface area contributed by atoms with Gasteiger partial charge in [0.2, 0.25) is 0 Å². The molecule has 1 atom stereocenters. The van der Waals surface area contributed by atoms with Crippen LogP contribution in [-0.2, 0) is 0 Å². The molecular weight excluding hydrogens is 312 g/mol. The Hall–Kier alpha value is -1.26. The van der Waals surface area contributed by atoms with Crippen molar-refractivity contribution in [3.63, 3.8) is 0 Å². The van der Waals surface area contributed by atoms with Crippen molar-refractivity contribution >= 4 is 18.3 Å². The summed E-state index contributed by atoms with van der Waals surface area (Å²) in [5.74, 6) is 0.969. The van der Waals surface area contributed by atoms with Crippen LogP contribution in [0.3, 0.4) is 0 Å². The van der Waals surface area contributed by atoms with E-state index in [1.54, 1.807) is 0 Å². The molecule has 4 nitrogen and oxygen atoms in total. The predicted molar refractivity (Wildman–Crippen MR) is 94.6 cm³/mol. The fraction of sp³-hybridized carbons (Fsp3) is 0.611. The van der Waals surface area contributed by atoms with Crippen LogP contribution in [0.4, 0.5) is 0 Å². The molecule has 1 N–H and O–H groups in total. The minimum absolute atomic E-state index is 0. The van der Waals surface area contributed by atoms with Crippen LogP contribution in [0.25, 0.3) is 0 Å². The largest absolute Gasteiger partial charge is 0.490 e. The third-order valence-corrected chi connectivity index (χ3v) is 4.76. The number of hydrogen-bond acceptors (Lipinski definition) is 3. The number of rotatable bonds is 5. The molecule has 3 rings (SSSR count). The Balaban J connectivity index is 0.00000192. The fourth-order valence-electron chi connectivity index (χ4n) is 3.62. The number of amides is 1. The molecule has 0 bridgehead atoms. The van der Waals surface area contributed by atoms with E-state index in [0.29, 0.717) is 12.1 Å². The van der Waals surface area contributed by atoms with E-state index in [0.717, 1.165) is 50.1 Å². The van der Waals surface area contributed by atoms with Gasteiger partial charge in [0, 0.05) is 24.7 Å². The lowest BCUT2D eigenvalue weighted by atomic mass is 10.1. The van der Waals surface area contributed by atoms with Gasteiger partial charge in [-0.3, -0.25) is 4.79 Å². The molecule has 1 amide bonds. The van der Waals surface area contributed by atoms with Crippen molar-refractivity contribution in [1.29, 1.82) is 0 Å². The van der Waals surface area contributed by atoms with Gasteiger partial charge in [0.1, 0.15) is 5.75 Å². The Kier molecular flexibility index (Phi) is 6.72. The molecule has 0 radical (unpaired) electrons. The number of carbonyl (C=O) groups excluding carboxylic acids is 1. The minimum Gasteiger partial charge on any atom is -0.490 e. The Morgan fingerprint density at radius 3 is 2.78 bits per heavy atom. The third-order valence-electron chi connectivity index (χ3n) is 4.76. The lowest BCUT2D eigenvalue weighted by molar-refractivity contribution is 0.0736. The summed E-state index contributed by atoms with van der Waals surface area (Å²) >= 11 is 0. The average Bonchev–Trinajstić information content (AvgIpc) is 3.19. The summed E-state index contributed by atoms with van der Waals surface area (Å²) in [7, 11) is 1.94. The van der Waals surface area contributed by atoms with E-state index in [1.807, 2.05) is 36.2 Å². The van der Waals surface area contributed by atoms with Crippen LogP contribution in [0.1, 0.15) is 48.9 Å². The summed E-state index contributed by atoms with van der Waals surface area (Å²) in [6, 6.07) is 8.02. The van der Waals surface area contributed by atoms with Crippen molar-refractivity contribution in [2.75, 3.05) is 20.1 Å². The molecule has 0 spiro atoms. The maximum absolute atomic E-state index is 12.8. The Morgan fingerprint density at radius 2 is 2.04 bits per heavy atom. The molecular formula is C18H27ClN2O2. The zero-order chi connectivity index (χ0) is 15.4. The normalized spacial score (nSPS) is 21.3. The van der Waals surface area contributed by atoms with Gasteiger partial charge >= 0.3 is 0 Å². The molecule has 1 aliphatic heterocycles. The predicted octanol–water partition coefficient (Wildman–Crippen LogP) is 3.25. The van der Waals surface area contributed by atoms with Crippen molar-refractivity contribution in [1.82, 2.24) is 10.2 Å². The second-order valence-electron chi connectivity index (χ2n) is 6.40. The summed E-state index contributed by atoms with van der Waals surface area (Å²) in [6.07, 6.45) is 7.28. The van der Waals surface area contributed by atoms with Crippen LogP contribution in [0, 0.1) is 0 Å². The number of carbonyl (C=O) groups is 1. The minimum atomic E-state index is 0. The lowest BCUT2D eigenvalue weighted by Crippen LogP contribution is -2.40. The number of nitrogens with zero attached hydrogens (tertiary/aromatic N) is 1. The van der Waals surface area contributed by atoms with Crippen LogP contribution < -0.4 is 10.1 Å². The quantitative estimate of drug-likeness (QED) is 0.896. The average molecular weight is 339 g/mol. The summed E-state index contributed by atoms with van der Waals surface area (Å²) in [5, 5.41) is 3.19. The van der Waals surface area contributed by atoms with E-state index in [4.69, 9.17) is 4.74 Å². The Morgan fingerprint density at radius 1 is 1.26 bits per heavy atom. The highest BCUT2D eigenvalue weighted by Gasteiger charge is 2.29. The first-order chi connectivity index (χ1) is 10.8. The third kappa shape index (κ3) is 4.39. The van der Waals surface area contributed by atoms with E-state index < -0.39 is 0 Å². The Labute approximate surface area is 145 Å². The number of hydrogen-bond donors (Lipinski definition) is 1. The molecule has 5 heteroatoms. The number of ether oxygens (including phenoxy) is 1. The molecule has 2 fully saturated rings. The van der Waals surface area contributed by atoms with E-state index in [9.17, 15) is 4.79 Å². The Bertz CT molecular complexity index is 517. The van der Waals surface area contributed by atoms with Gasteiger partial charge in [-0.05, 0) is 63.8 Å². The van der Waals surface area contributed by atoms with Crippen LogP contribution in [0.15, 0.2) is 24.3 Å². The zero-order valence-corrected chi connectivity index (χ0v) is 14.6. The van der Waals surface area contributed by atoms with Gasteiger partial charge in [0.05, 0.1) is 6.10 Å². The summed E-state index contributed by atoms with van der Waals surface area (Å²) in [4.78, 5) is 14.8. The second kappa shape index (κ2) is 8.55. The number of benzene rings is 1. The van der Waals surface area contributed by atoms with Gasteiger partial charge in [0.25, 0.3) is 5.91 Å². The highest BCUT2D eigenvalue weighted by Crippen LogP contribution is 2.26. The molecule has 128 valence electrons. The number of halogens is 1. The molecule has 2 aliphatic rings. The first-order valence-corrected chi connectivity index (χ1v) is 8.50. The van der Waals surface area contributed by atoms with E-state index in [2.05, 4.69) is 5.32 Å². The molecule has 0 aromatic heterocycles. The van der Waals surface area contributed by atoms with Crippen molar-refractivity contribution in [2.45, 2.75) is 50.7 Å². The van der Waals surface area contributed by atoms with Gasteiger partial charge < -0.3 is 15.0 Å². The molecule has 1 saturated heterocycles. The van der Waals surface area contributed by atoms with Crippen LogP contribution >= 0.6 is 12.4 Å². The monoisotopic (exact) mass is 338 g/mol. The number of likely N-dealkylation sites (N-methyl/N-ethyl adjacent to an activating group) is 1. The first kappa shape index (κ1) is 18.1. The second-order valence-corrected chi connectivity index (χ2v) is 6.40. The molecule has 1 unspecified atom stereocenters. The fourth-order valence-corrected chi connectivity index (χ4v) is 3.62. The molecule has 1 aromatic carbocycles. The highest BCUT2D eigenvalue weighted by atomic mass is 35.5. The number of likely N-dealkylation sites (tertiary alicyclic amines) is 1. The number of nitrogens with one attached hydrogen (secondary N) is 1. The van der Waals surface area contributed by atoms with Crippen molar-refractivity contribution in [2.24, 2.45) is 0 Å². The van der Waals surface area contributed by atoms with Gasteiger partial charge in [-0.25, -0.2) is 0 Å². The summed E-state index contributed by atoms with van der Waals surface area (Å²) in [5.41, 5.74) is 0.749. The van der Waals surface area contributed by atoms with Crippen LogP contribution in [-0.4, -0.2) is 43.1 Å². The van der Waals surface area contributed by atoms with Gasteiger partial charge in [0.15, 0.2) is 0 Å². The molecule has 1 aromatic rings. The smallest absolute Gasteiger partial charge is 0.254 e. The topological polar surface area (TPSA) is 41.6 Å². The molecule has 1 saturated carbocycles. The first-order valence-electron chi connectivity index (χ1n) is 8.50. The van der Waals surface area contributed by atoms with Crippen molar-refractivity contribution in [3.05, 3.63) is 29.8 Å². The maximum atomic E-state index is 12.8. The highest BCUT2D eigenvalue weighted by molar-refractivity contribution is 5.95. The van der Waals surface area contributed by atoms with Crippen LogP contribution in [0.5, 0.6) is 5.75 Å². The summed E-state index contributed by atoms with van der Waals surface area (Å²) in [6.45, 7) is 1.73. The zero-order valence-electron chi connectivity index (χ0n) is 13.8.